The average molecular weight is 532 g/mol. The number of piperazine rings is 1. The first kappa shape index (κ1) is 24.9. The summed E-state index contributed by atoms with van der Waals surface area (Å²) < 4.78 is 26.6. The van der Waals surface area contributed by atoms with E-state index in [9.17, 15) is 18.5 Å². The van der Waals surface area contributed by atoms with Crippen LogP contribution >= 0.6 is 0 Å². The summed E-state index contributed by atoms with van der Waals surface area (Å²) in [5, 5.41) is 11.2. The minimum absolute atomic E-state index is 0.184. The maximum atomic E-state index is 13.0. The number of aromatic nitrogens is 1. The summed E-state index contributed by atoms with van der Waals surface area (Å²) in [4.78, 5) is 22.5. The zero-order chi connectivity index (χ0) is 26.6. The Morgan fingerprint density at radius 3 is 2.58 bits per heavy atom. The molecule has 6 rings (SSSR count). The number of pyridine rings is 1. The first-order valence-corrected chi connectivity index (χ1v) is 15.1. The van der Waals surface area contributed by atoms with Gasteiger partial charge in [0.2, 0.25) is 5.91 Å². The molecule has 0 spiro atoms. The standard InChI is InChI=1S/C29H33N5O3S/c1-3-38(36,37)32-23-6-4-5-22(15-23)26-18(2)24(16-30)28(31-27(26)20-9-10-20)33-13-14-34(29(35)21-11-12-21)25(17-33)19-7-8-19/h3-6,15,19-21,25,32H,1,7-14,17H2,2H3/t25-/m0/s1. The van der Waals surface area contributed by atoms with Crippen LogP contribution < -0.4 is 9.62 Å². The van der Waals surface area contributed by atoms with E-state index in [4.69, 9.17) is 4.98 Å². The Balaban J connectivity index is 1.37. The number of carbonyl (C=O) groups is 1. The predicted molar refractivity (Wildman–Crippen MR) is 147 cm³/mol. The van der Waals surface area contributed by atoms with Gasteiger partial charge in [-0.3, -0.25) is 9.52 Å². The Bertz CT molecular complexity index is 1450. The number of carbonyl (C=O) groups excluding carboxylic acids is 1. The third kappa shape index (κ3) is 4.78. The van der Waals surface area contributed by atoms with Gasteiger partial charge in [-0.15, -0.1) is 0 Å². The van der Waals surface area contributed by atoms with E-state index in [1.807, 2.05) is 19.1 Å². The molecule has 198 valence electrons. The monoisotopic (exact) mass is 531 g/mol. The molecular weight excluding hydrogens is 498 g/mol. The highest BCUT2D eigenvalue weighted by molar-refractivity contribution is 7.95. The number of rotatable bonds is 8. The van der Waals surface area contributed by atoms with Gasteiger partial charge in [0.15, 0.2) is 0 Å². The Morgan fingerprint density at radius 2 is 1.95 bits per heavy atom. The second-order valence-corrected chi connectivity index (χ2v) is 12.8. The van der Waals surface area contributed by atoms with Crippen molar-refractivity contribution < 1.29 is 13.2 Å². The molecule has 2 heterocycles. The highest BCUT2D eigenvalue weighted by Gasteiger charge is 2.45. The van der Waals surface area contributed by atoms with Crippen LogP contribution in [-0.2, 0) is 14.8 Å². The third-order valence-corrected chi connectivity index (χ3v) is 9.22. The normalized spacial score (nSPS) is 21.6. The average Bonchev–Trinajstić information content (AvgIpc) is 3.77. The number of nitrogens with zero attached hydrogens (tertiary/aromatic N) is 4. The van der Waals surface area contributed by atoms with Crippen molar-refractivity contribution in [2.75, 3.05) is 29.3 Å². The van der Waals surface area contributed by atoms with Crippen LogP contribution in [-0.4, -0.2) is 49.9 Å². The molecule has 4 fully saturated rings. The van der Waals surface area contributed by atoms with E-state index >= 15 is 0 Å². The number of anilines is 2. The Labute approximate surface area is 224 Å². The Kier molecular flexibility index (Phi) is 6.18. The largest absolute Gasteiger partial charge is 0.352 e. The minimum Gasteiger partial charge on any atom is -0.352 e. The molecule has 1 aliphatic heterocycles. The Hall–Kier alpha value is -3.38. The van der Waals surface area contributed by atoms with Gasteiger partial charge in [0.25, 0.3) is 10.0 Å². The van der Waals surface area contributed by atoms with Crippen molar-refractivity contribution in [2.24, 2.45) is 11.8 Å². The molecule has 1 saturated heterocycles. The molecule has 1 N–H and O–H groups in total. The molecular formula is C29H33N5O3S. The lowest BCUT2D eigenvalue weighted by atomic mass is 9.93. The summed E-state index contributed by atoms with van der Waals surface area (Å²) in [6, 6.07) is 9.86. The summed E-state index contributed by atoms with van der Waals surface area (Å²) >= 11 is 0. The van der Waals surface area contributed by atoms with Gasteiger partial charge >= 0.3 is 0 Å². The summed E-state index contributed by atoms with van der Waals surface area (Å²) in [7, 11) is -3.64. The summed E-state index contributed by atoms with van der Waals surface area (Å²) in [6.07, 6.45) is 6.42. The molecule has 8 nitrogen and oxygen atoms in total. The molecule has 4 aliphatic rings. The molecule has 9 heteroatoms. The minimum atomic E-state index is -3.64. The van der Waals surface area contributed by atoms with Gasteiger partial charge in [0, 0.05) is 48.1 Å². The highest BCUT2D eigenvalue weighted by Crippen LogP contribution is 2.47. The van der Waals surface area contributed by atoms with Crippen molar-refractivity contribution in [1.29, 1.82) is 5.26 Å². The molecule has 0 bridgehead atoms. The zero-order valence-corrected chi connectivity index (χ0v) is 22.5. The third-order valence-electron chi connectivity index (χ3n) is 8.26. The lowest BCUT2D eigenvalue weighted by Crippen LogP contribution is -2.57. The van der Waals surface area contributed by atoms with E-state index in [1.165, 1.54) is 0 Å². The molecule has 0 radical (unpaired) electrons. The summed E-state index contributed by atoms with van der Waals surface area (Å²) in [6.45, 7) is 7.40. The number of hydrogen-bond donors (Lipinski definition) is 1. The molecule has 1 atom stereocenters. The molecule has 0 unspecified atom stereocenters. The molecule has 38 heavy (non-hydrogen) atoms. The van der Waals surface area contributed by atoms with Gasteiger partial charge in [-0.2, -0.15) is 5.26 Å². The van der Waals surface area contributed by atoms with Gasteiger partial charge in [0.1, 0.15) is 11.9 Å². The van der Waals surface area contributed by atoms with Crippen LogP contribution in [0.15, 0.2) is 36.3 Å². The van der Waals surface area contributed by atoms with Crippen LogP contribution in [0, 0.1) is 30.1 Å². The molecule has 1 aromatic heterocycles. The van der Waals surface area contributed by atoms with Gasteiger partial charge in [-0.05, 0) is 74.6 Å². The van der Waals surface area contributed by atoms with Crippen LogP contribution in [0.5, 0.6) is 0 Å². The zero-order valence-electron chi connectivity index (χ0n) is 21.7. The lowest BCUT2D eigenvalue weighted by molar-refractivity contribution is -0.135. The Morgan fingerprint density at radius 1 is 1.18 bits per heavy atom. The maximum Gasteiger partial charge on any atom is 0.254 e. The van der Waals surface area contributed by atoms with Crippen molar-refractivity contribution in [1.82, 2.24) is 9.88 Å². The van der Waals surface area contributed by atoms with Crippen LogP contribution in [0.3, 0.4) is 0 Å². The number of nitrogens with one attached hydrogen (secondary N) is 1. The molecule has 3 aliphatic carbocycles. The number of amides is 1. The first-order chi connectivity index (χ1) is 18.3. The second-order valence-electron chi connectivity index (χ2n) is 11.1. The van der Waals surface area contributed by atoms with Crippen molar-refractivity contribution in [2.45, 2.75) is 57.4 Å². The van der Waals surface area contributed by atoms with E-state index in [2.05, 4.69) is 27.2 Å². The van der Waals surface area contributed by atoms with Gasteiger partial charge in [-0.1, -0.05) is 18.7 Å². The quantitative estimate of drug-likeness (QED) is 0.537. The number of nitriles is 1. The number of hydrogen-bond acceptors (Lipinski definition) is 6. The van der Waals surface area contributed by atoms with Crippen LogP contribution in [0.1, 0.15) is 61.3 Å². The topological polar surface area (TPSA) is 106 Å². The van der Waals surface area contributed by atoms with Gasteiger partial charge in [-0.25, -0.2) is 13.4 Å². The van der Waals surface area contributed by atoms with E-state index in [-0.39, 0.29) is 12.0 Å². The fourth-order valence-corrected chi connectivity index (χ4v) is 6.30. The van der Waals surface area contributed by atoms with Crippen LogP contribution in [0.25, 0.3) is 11.1 Å². The molecule has 1 amide bonds. The van der Waals surface area contributed by atoms with Gasteiger partial charge in [0.05, 0.1) is 17.3 Å². The van der Waals surface area contributed by atoms with Crippen molar-refractivity contribution >= 4 is 27.4 Å². The number of sulfonamides is 1. The van der Waals surface area contributed by atoms with E-state index in [0.29, 0.717) is 48.6 Å². The predicted octanol–water partition coefficient (Wildman–Crippen LogP) is 4.53. The van der Waals surface area contributed by atoms with Crippen molar-refractivity contribution in [3.63, 3.8) is 0 Å². The SMILES string of the molecule is C=CS(=O)(=O)Nc1cccc(-c2c(C3CC3)nc(N3CCN(C(=O)C4CC4)[C@H](C4CC4)C3)c(C#N)c2C)c1. The van der Waals surface area contributed by atoms with Crippen molar-refractivity contribution in [3.8, 4) is 17.2 Å². The fraction of sp³-hybridized carbons (Fsp3) is 0.483. The van der Waals surface area contributed by atoms with E-state index < -0.39 is 10.0 Å². The summed E-state index contributed by atoms with van der Waals surface area (Å²) in [5.74, 6) is 2.11. The highest BCUT2D eigenvalue weighted by atomic mass is 32.2. The van der Waals surface area contributed by atoms with Gasteiger partial charge < -0.3 is 9.80 Å². The number of benzene rings is 1. The summed E-state index contributed by atoms with van der Waals surface area (Å²) in [5.41, 5.74) is 4.57. The maximum absolute atomic E-state index is 13.0. The van der Waals surface area contributed by atoms with Crippen molar-refractivity contribution in [3.05, 3.63) is 53.1 Å². The first-order valence-electron chi connectivity index (χ1n) is 13.6. The van der Waals surface area contributed by atoms with Crippen LogP contribution in [0.2, 0.25) is 0 Å². The second kappa shape index (κ2) is 9.42. The fourth-order valence-electron chi connectivity index (χ4n) is 5.76. The lowest BCUT2D eigenvalue weighted by Gasteiger charge is -2.43. The van der Waals surface area contributed by atoms with E-state index in [1.54, 1.807) is 12.1 Å². The molecule has 3 saturated carbocycles. The smallest absolute Gasteiger partial charge is 0.254 e. The molecule has 2 aromatic rings. The molecule has 1 aromatic carbocycles. The van der Waals surface area contributed by atoms with E-state index in [0.717, 1.165) is 72.1 Å². The van der Waals surface area contributed by atoms with Crippen LogP contribution in [0.4, 0.5) is 11.5 Å².